The van der Waals surface area contributed by atoms with Gasteiger partial charge in [-0.1, -0.05) is 26.0 Å². The van der Waals surface area contributed by atoms with E-state index in [0.29, 0.717) is 11.1 Å². The van der Waals surface area contributed by atoms with Crippen molar-refractivity contribution in [3.05, 3.63) is 35.4 Å². The molecule has 98 valence electrons. The van der Waals surface area contributed by atoms with E-state index in [0.717, 1.165) is 0 Å². The second-order valence-corrected chi connectivity index (χ2v) is 6.47. The number of sulfonamides is 1. The van der Waals surface area contributed by atoms with Crippen molar-refractivity contribution in [2.24, 2.45) is 5.92 Å². The minimum absolute atomic E-state index is 0.0598. The lowest BCUT2D eigenvalue weighted by atomic mass is 10.1. The average molecular weight is 266 g/mol. The van der Waals surface area contributed by atoms with Crippen molar-refractivity contribution in [1.82, 2.24) is 4.72 Å². The summed E-state index contributed by atoms with van der Waals surface area (Å²) in [5, 5.41) is 8.66. The van der Waals surface area contributed by atoms with E-state index in [2.05, 4.69) is 4.72 Å². The molecule has 1 aromatic rings. The van der Waals surface area contributed by atoms with Crippen LogP contribution in [0.1, 0.15) is 31.9 Å². The van der Waals surface area contributed by atoms with Crippen LogP contribution < -0.4 is 4.72 Å². The highest BCUT2D eigenvalue weighted by atomic mass is 32.2. The number of hydrogen-bond donors (Lipinski definition) is 1. The van der Waals surface area contributed by atoms with Crippen molar-refractivity contribution in [3.8, 4) is 6.07 Å². The molecule has 1 atom stereocenters. The van der Waals surface area contributed by atoms with Crippen LogP contribution in [-0.4, -0.2) is 14.5 Å². The van der Waals surface area contributed by atoms with E-state index in [-0.39, 0.29) is 17.7 Å². The third-order valence-corrected chi connectivity index (χ3v) is 4.25. The van der Waals surface area contributed by atoms with Crippen molar-refractivity contribution in [2.45, 2.75) is 32.6 Å². The first-order valence-corrected chi connectivity index (χ1v) is 7.48. The van der Waals surface area contributed by atoms with Gasteiger partial charge in [0.15, 0.2) is 0 Å². The molecule has 0 amide bonds. The number of nitriles is 1. The smallest absolute Gasteiger partial charge is 0.212 e. The summed E-state index contributed by atoms with van der Waals surface area (Å²) >= 11 is 0. The van der Waals surface area contributed by atoms with Gasteiger partial charge in [0.1, 0.15) is 0 Å². The average Bonchev–Trinajstić information content (AvgIpc) is 2.28. The molecular formula is C13H18N2O2S. The lowest BCUT2D eigenvalue weighted by molar-refractivity contribution is 0.476. The van der Waals surface area contributed by atoms with Crippen LogP contribution >= 0.6 is 0 Å². The van der Waals surface area contributed by atoms with E-state index in [1.807, 2.05) is 26.8 Å². The zero-order chi connectivity index (χ0) is 13.8. The summed E-state index contributed by atoms with van der Waals surface area (Å²) in [6.45, 7) is 5.78. The minimum atomic E-state index is -3.33. The fourth-order valence-corrected chi connectivity index (χ4v) is 2.91. The lowest BCUT2D eigenvalue weighted by Crippen LogP contribution is -2.36. The molecule has 1 aromatic carbocycles. The highest BCUT2D eigenvalue weighted by molar-refractivity contribution is 7.88. The Balaban J connectivity index is 2.74. The second kappa shape index (κ2) is 5.98. The molecule has 0 unspecified atom stereocenters. The molecular weight excluding hydrogens is 248 g/mol. The van der Waals surface area contributed by atoms with Gasteiger partial charge in [-0.3, -0.25) is 0 Å². The summed E-state index contributed by atoms with van der Waals surface area (Å²) < 4.78 is 26.4. The highest BCUT2D eigenvalue weighted by Crippen LogP contribution is 2.09. The van der Waals surface area contributed by atoms with E-state index in [4.69, 9.17) is 5.26 Å². The molecule has 0 aliphatic heterocycles. The van der Waals surface area contributed by atoms with Gasteiger partial charge in [0, 0.05) is 6.04 Å². The van der Waals surface area contributed by atoms with Crippen LogP contribution in [0.4, 0.5) is 0 Å². The summed E-state index contributed by atoms with van der Waals surface area (Å²) in [6, 6.07) is 8.48. The van der Waals surface area contributed by atoms with E-state index in [9.17, 15) is 8.42 Å². The largest absolute Gasteiger partial charge is 0.216 e. The fraction of sp³-hybridized carbons (Fsp3) is 0.462. The molecule has 0 heterocycles. The quantitative estimate of drug-likeness (QED) is 0.886. The lowest BCUT2D eigenvalue weighted by Gasteiger charge is -2.17. The molecule has 0 aromatic heterocycles. The van der Waals surface area contributed by atoms with E-state index in [1.54, 1.807) is 24.3 Å². The monoisotopic (exact) mass is 266 g/mol. The van der Waals surface area contributed by atoms with Gasteiger partial charge >= 0.3 is 0 Å². The molecule has 0 fully saturated rings. The Labute approximate surface area is 109 Å². The first-order valence-electron chi connectivity index (χ1n) is 5.83. The van der Waals surface area contributed by atoms with Crippen LogP contribution in [0.25, 0.3) is 0 Å². The summed E-state index contributed by atoms with van der Waals surface area (Å²) in [6.07, 6.45) is 0. The maximum absolute atomic E-state index is 11.9. The van der Waals surface area contributed by atoms with Crippen LogP contribution in [0, 0.1) is 17.2 Å². The van der Waals surface area contributed by atoms with E-state index < -0.39 is 10.0 Å². The van der Waals surface area contributed by atoms with Crippen molar-refractivity contribution < 1.29 is 8.42 Å². The molecule has 1 rings (SSSR count). The fourth-order valence-electron chi connectivity index (χ4n) is 1.36. The summed E-state index contributed by atoms with van der Waals surface area (Å²) in [7, 11) is -3.33. The Kier molecular flexibility index (Phi) is 4.88. The van der Waals surface area contributed by atoms with Crippen LogP contribution in [-0.2, 0) is 15.8 Å². The van der Waals surface area contributed by atoms with E-state index >= 15 is 0 Å². The second-order valence-electron chi connectivity index (χ2n) is 4.72. The molecule has 0 bridgehead atoms. The normalized spacial score (nSPS) is 13.3. The molecule has 0 saturated carbocycles. The van der Waals surface area contributed by atoms with Crippen molar-refractivity contribution >= 4 is 10.0 Å². The summed E-state index contributed by atoms with van der Waals surface area (Å²) in [4.78, 5) is 0. The van der Waals surface area contributed by atoms with Gasteiger partial charge in [-0.2, -0.15) is 5.26 Å². The van der Waals surface area contributed by atoms with Gasteiger partial charge in [0.2, 0.25) is 10.0 Å². The number of rotatable bonds is 5. The van der Waals surface area contributed by atoms with Gasteiger partial charge in [0.25, 0.3) is 0 Å². The zero-order valence-corrected chi connectivity index (χ0v) is 11.7. The first kappa shape index (κ1) is 14.7. The van der Waals surface area contributed by atoms with Gasteiger partial charge in [-0.15, -0.1) is 0 Å². The molecule has 0 radical (unpaired) electrons. The molecule has 0 aliphatic rings. The maximum atomic E-state index is 11.9. The maximum Gasteiger partial charge on any atom is 0.216 e. The topological polar surface area (TPSA) is 70.0 Å². The van der Waals surface area contributed by atoms with Gasteiger partial charge < -0.3 is 0 Å². The third-order valence-electron chi connectivity index (χ3n) is 2.81. The molecule has 5 heteroatoms. The predicted molar refractivity (Wildman–Crippen MR) is 71.2 cm³/mol. The van der Waals surface area contributed by atoms with Crippen molar-refractivity contribution in [3.63, 3.8) is 0 Å². The van der Waals surface area contributed by atoms with Gasteiger partial charge in [-0.25, -0.2) is 13.1 Å². The minimum Gasteiger partial charge on any atom is -0.212 e. The molecule has 0 spiro atoms. The van der Waals surface area contributed by atoms with Gasteiger partial charge in [0.05, 0.1) is 17.4 Å². The first-order chi connectivity index (χ1) is 8.34. The number of nitrogens with zero attached hydrogens (tertiary/aromatic N) is 1. The molecule has 0 aliphatic carbocycles. The van der Waals surface area contributed by atoms with Crippen molar-refractivity contribution in [1.29, 1.82) is 5.26 Å². The summed E-state index contributed by atoms with van der Waals surface area (Å²) in [5.41, 5.74) is 1.21. The summed E-state index contributed by atoms with van der Waals surface area (Å²) in [5.74, 6) is 0.191. The molecule has 1 N–H and O–H groups in total. The Morgan fingerprint density at radius 1 is 1.22 bits per heavy atom. The number of benzene rings is 1. The number of nitrogens with one attached hydrogen (secondary N) is 1. The molecule has 4 nitrogen and oxygen atoms in total. The van der Waals surface area contributed by atoms with Crippen LogP contribution in [0.5, 0.6) is 0 Å². The Morgan fingerprint density at radius 3 is 2.22 bits per heavy atom. The molecule has 0 saturated heterocycles. The molecule has 18 heavy (non-hydrogen) atoms. The van der Waals surface area contributed by atoms with Crippen LogP contribution in [0.2, 0.25) is 0 Å². The van der Waals surface area contributed by atoms with Crippen LogP contribution in [0.3, 0.4) is 0 Å². The van der Waals surface area contributed by atoms with E-state index in [1.165, 1.54) is 0 Å². The highest BCUT2D eigenvalue weighted by Gasteiger charge is 2.17. The third kappa shape index (κ3) is 4.47. The van der Waals surface area contributed by atoms with Crippen molar-refractivity contribution in [2.75, 3.05) is 0 Å². The Bertz CT molecular complexity index is 527. The SMILES string of the molecule is CC(C)[C@@H](C)NS(=O)(=O)Cc1ccc(C#N)cc1. The van der Waals surface area contributed by atoms with Gasteiger partial charge in [-0.05, 0) is 30.5 Å². The Morgan fingerprint density at radius 2 is 1.78 bits per heavy atom. The Hall–Kier alpha value is -1.38. The van der Waals surface area contributed by atoms with Crippen LogP contribution in [0.15, 0.2) is 24.3 Å². The standard InChI is InChI=1S/C13H18N2O2S/c1-10(2)11(3)15-18(16,17)9-13-6-4-12(8-14)5-7-13/h4-7,10-11,15H,9H2,1-3H3/t11-/m1/s1. The predicted octanol–water partition coefficient (Wildman–Crippen LogP) is 2.02. The number of hydrogen-bond acceptors (Lipinski definition) is 3. The zero-order valence-electron chi connectivity index (χ0n) is 10.8.